The Morgan fingerprint density at radius 3 is 2.10 bits per heavy atom. The van der Waals surface area contributed by atoms with Crippen molar-refractivity contribution < 1.29 is 30.7 Å². The molecule has 1 N–H and O–H groups in total. The van der Waals surface area contributed by atoms with E-state index in [0.717, 1.165) is 0 Å². The van der Waals surface area contributed by atoms with Crippen LogP contribution in [-0.2, 0) is 5.92 Å². The van der Waals surface area contributed by atoms with Crippen LogP contribution in [0.15, 0.2) is 30.5 Å². The molecule has 2 aromatic rings. The minimum atomic E-state index is -6.40. The van der Waals surface area contributed by atoms with Crippen molar-refractivity contribution in [1.82, 2.24) is 15.2 Å². The molecular formula is C11H6F7N3. The first-order chi connectivity index (χ1) is 9.57. The summed E-state index contributed by atoms with van der Waals surface area (Å²) in [6, 6.07) is 4.71. The maximum Gasteiger partial charge on any atom is 0.460 e. The van der Waals surface area contributed by atoms with Crippen LogP contribution in [0.1, 0.15) is 5.69 Å². The molecule has 0 unspecified atom stereocenters. The summed E-state index contributed by atoms with van der Waals surface area (Å²) in [5, 5.41) is 4.78. The average molecular weight is 313 g/mol. The maximum absolute atomic E-state index is 13.4. The van der Waals surface area contributed by atoms with Gasteiger partial charge in [0, 0.05) is 6.20 Å². The van der Waals surface area contributed by atoms with E-state index in [0.29, 0.717) is 6.07 Å². The number of aromatic nitrogens is 3. The van der Waals surface area contributed by atoms with Crippen molar-refractivity contribution in [2.75, 3.05) is 0 Å². The number of nitrogens with one attached hydrogen (secondary N) is 1. The Balaban J connectivity index is 2.41. The largest absolute Gasteiger partial charge is 0.460 e. The molecule has 0 aliphatic carbocycles. The molecule has 10 heteroatoms. The van der Waals surface area contributed by atoms with E-state index in [9.17, 15) is 30.7 Å². The van der Waals surface area contributed by atoms with Crippen LogP contribution in [-0.4, -0.2) is 27.3 Å². The van der Waals surface area contributed by atoms with Crippen LogP contribution in [0, 0.1) is 0 Å². The summed E-state index contributed by atoms with van der Waals surface area (Å²) >= 11 is 0. The molecule has 2 aromatic heterocycles. The summed E-state index contributed by atoms with van der Waals surface area (Å²) < 4.78 is 88.7. The SMILES string of the molecule is FC(F)(F)C(F)(F)C(F)(F)c1cc(-c2ccccn2)n[nH]1. The molecule has 0 spiro atoms. The van der Waals surface area contributed by atoms with Gasteiger partial charge in [0.1, 0.15) is 11.4 Å². The summed E-state index contributed by atoms with van der Waals surface area (Å²) in [7, 11) is 0. The zero-order chi connectivity index (χ0) is 15.9. The number of nitrogens with zero attached hydrogens (tertiary/aromatic N) is 2. The Bertz CT molecular complexity index is 618. The van der Waals surface area contributed by atoms with Gasteiger partial charge in [-0.05, 0) is 18.2 Å². The first-order valence-corrected chi connectivity index (χ1v) is 5.37. The molecular weight excluding hydrogens is 307 g/mol. The highest BCUT2D eigenvalue weighted by atomic mass is 19.4. The van der Waals surface area contributed by atoms with Gasteiger partial charge in [-0.25, -0.2) is 0 Å². The number of hydrogen-bond acceptors (Lipinski definition) is 2. The van der Waals surface area contributed by atoms with Crippen LogP contribution in [0.2, 0.25) is 0 Å². The lowest BCUT2D eigenvalue weighted by Gasteiger charge is -2.26. The van der Waals surface area contributed by atoms with Crippen molar-refractivity contribution in [2.45, 2.75) is 18.0 Å². The van der Waals surface area contributed by atoms with E-state index in [2.05, 4.69) is 10.1 Å². The average Bonchev–Trinajstić information content (AvgIpc) is 2.88. The molecule has 0 amide bonds. The molecule has 0 saturated heterocycles. The van der Waals surface area contributed by atoms with E-state index in [1.807, 2.05) is 0 Å². The quantitative estimate of drug-likeness (QED) is 0.877. The van der Waals surface area contributed by atoms with Crippen LogP contribution in [0.4, 0.5) is 30.7 Å². The van der Waals surface area contributed by atoms with Gasteiger partial charge >= 0.3 is 18.0 Å². The highest BCUT2D eigenvalue weighted by molar-refractivity contribution is 5.54. The molecule has 0 radical (unpaired) electrons. The number of alkyl halides is 7. The fraction of sp³-hybridized carbons (Fsp3) is 0.273. The van der Waals surface area contributed by atoms with Gasteiger partial charge in [-0.2, -0.15) is 35.8 Å². The fourth-order valence-corrected chi connectivity index (χ4v) is 1.48. The molecule has 0 aromatic carbocycles. The van der Waals surface area contributed by atoms with E-state index in [1.165, 1.54) is 29.5 Å². The molecule has 114 valence electrons. The van der Waals surface area contributed by atoms with Gasteiger partial charge in [-0.15, -0.1) is 0 Å². The highest BCUT2D eigenvalue weighted by Crippen LogP contribution is 2.51. The first-order valence-electron chi connectivity index (χ1n) is 5.37. The van der Waals surface area contributed by atoms with E-state index in [4.69, 9.17) is 0 Å². The number of rotatable bonds is 3. The van der Waals surface area contributed by atoms with E-state index < -0.39 is 23.7 Å². The summed E-state index contributed by atoms with van der Waals surface area (Å²) in [4.78, 5) is 3.72. The molecule has 21 heavy (non-hydrogen) atoms. The molecule has 2 rings (SSSR count). The predicted molar refractivity (Wildman–Crippen MR) is 56.7 cm³/mol. The summed E-state index contributed by atoms with van der Waals surface area (Å²) in [5.41, 5.74) is -1.88. The minimum absolute atomic E-state index is 0.0473. The second kappa shape index (κ2) is 4.71. The second-order valence-electron chi connectivity index (χ2n) is 4.03. The third kappa shape index (κ3) is 2.45. The van der Waals surface area contributed by atoms with Crippen LogP contribution in [0.3, 0.4) is 0 Å². The highest BCUT2D eigenvalue weighted by Gasteiger charge is 2.74. The van der Waals surface area contributed by atoms with Gasteiger partial charge in [-0.1, -0.05) is 6.07 Å². The number of halogens is 7. The Morgan fingerprint density at radius 2 is 1.57 bits per heavy atom. The normalized spacial score (nSPS) is 13.5. The lowest BCUT2D eigenvalue weighted by Crippen LogP contribution is -2.50. The van der Waals surface area contributed by atoms with Crippen molar-refractivity contribution >= 4 is 0 Å². The summed E-state index contributed by atoms with van der Waals surface area (Å²) in [6.45, 7) is 0. The topological polar surface area (TPSA) is 41.6 Å². The number of hydrogen-bond donors (Lipinski definition) is 1. The molecule has 0 saturated carbocycles. The summed E-state index contributed by atoms with van der Waals surface area (Å²) in [6.07, 6.45) is -5.11. The second-order valence-corrected chi connectivity index (χ2v) is 4.03. The molecule has 0 atom stereocenters. The first kappa shape index (κ1) is 15.3. The zero-order valence-corrected chi connectivity index (χ0v) is 9.93. The monoisotopic (exact) mass is 313 g/mol. The van der Waals surface area contributed by atoms with Crippen molar-refractivity contribution in [3.05, 3.63) is 36.2 Å². The zero-order valence-electron chi connectivity index (χ0n) is 9.93. The van der Waals surface area contributed by atoms with Crippen molar-refractivity contribution in [3.8, 4) is 11.4 Å². The molecule has 0 bridgehead atoms. The lowest BCUT2D eigenvalue weighted by atomic mass is 10.1. The third-order valence-electron chi connectivity index (χ3n) is 2.59. The molecule has 0 aliphatic rings. The lowest BCUT2D eigenvalue weighted by molar-refractivity contribution is -0.360. The van der Waals surface area contributed by atoms with Gasteiger partial charge < -0.3 is 0 Å². The Hall–Kier alpha value is -2.13. The molecule has 0 fully saturated rings. The third-order valence-corrected chi connectivity index (χ3v) is 2.59. The van der Waals surface area contributed by atoms with Gasteiger partial charge in [0.2, 0.25) is 0 Å². The predicted octanol–water partition coefficient (Wildman–Crippen LogP) is 3.76. The van der Waals surface area contributed by atoms with E-state index in [1.54, 1.807) is 0 Å². The van der Waals surface area contributed by atoms with Gasteiger partial charge in [-0.3, -0.25) is 10.1 Å². The number of H-pyrrole nitrogens is 1. The molecule has 2 heterocycles. The van der Waals surface area contributed by atoms with Gasteiger partial charge in [0.05, 0.1) is 5.69 Å². The van der Waals surface area contributed by atoms with Crippen molar-refractivity contribution in [1.29, 1.82) is 0 Å². The summed E-state index contributed by atoms with van der Waals surface area (Å²) in [5.74, 6) is -11.7. The standard InChI is InChI=1S/C11H6F7N3/c12-9(13,10(14,15)11(16,17)18)8-5-7(20-21-8)6-3-1-2-4-19-6/h1-5H,(H,20,21). The van der Waals surface area contributed by atoms with Crippen LogP contribution in [0.5, 0.6) is 0 Å². The van der Waals surface area contributed by atoms with Crippen molar-refractivity contribution in [2.24, 2.45) is 0 Å². The molecule has 0 aliphatic heterocycles. The Kier molecular flexibility index (Phi) is 3.42. The Labute approximate surface area is 112 Å². The maximum atomic E-state index is 13.4. The van der Waals surface area contributed by atoms with Crippen LogP contribution >= 0.6 is 0 Å². The van der Waals surface area contributed by atoms with Gasteiger partial charge in [0.25, 0.3) is 0 Å². The number of pyridine rings is 1. The van der Waals surface area contributed by atoms with Crippen molar-refractivity contribution in [3.63, 3.8) is 0 Å². The van der Waals surface area contributed by atoms with E-state index >= 15 is 0 Å². The Morgan fingerprint density at radius 1 is 0.905 bits per heavy atom. The number of aromatic amines is 1. The minimum Gasteiger partial charge on any atom is -0.276 e. The van der Waals surface area contributed by atoms with Gasteiger partial charge in [0.15, 0.2) is 0 Å². The van der Waals surface area contributed by atoms with E-state index in [-0.39, 0.29) is 11.4 Å². The smallest absolute Gasteiger partial charge is 0.276 e. The fourth-order valence-electron chi connectivity index (χ4n) is 1.48. The van der Waals surface area contributed by atoms with Crippen LogP contribution in [0.25, 0.3) is 11.4 Å². The molecule has 3 nitrogen and oxygen atoms in total. The van der Waals surface area contributed by atoms with Crippen LogP contribution < -0.4 is 0 Å².